The molecule has 2 aromatic carbocycles. The summed E-state index contributed by atoms with van der Waals surface area (Å²) in [6.45, 7) is 2.18. The van der Waals surface area contributed by atoms with Gasteiger partial charge in [0.05, 0.1) is 24.2 Å². The van der Waals surface area contributed by atoms with Crippen molar-refractivity contribution in [2.75, 3.05) is 25.1 Å². The molecule has 1 aliphatic rings. The van der Waals surface area contributed by atoms with Crippen molar-refractivity contribution in [3.05, 3.63) is 75.9 Å². The largest absolute Gasteiger partial charge is 0.454 e. The molecule has 0 aliphatic carbocycles. The Bertz CT molecular complexity index is 1070. The molecule has 8 heteroatoms. The van der Waals surface area contributed by atoms with Crippen molar-refractivity contribution in [3.63, 3.8) is 0 Å². The Labute approximate surface area is 178 Å². The minimum Gasteiger partial charge on any atom is -0.454 e. The molecule has 0 saturated carbocycles. The van der Waals surface area contributed by atoms with Crippen LogP contribution in [0.5, 0.6) is 11.5 Å². The van der Waals surface area contributed by atoms with Gasteiger partial charge in [-0.3, -0.25) is 4.79 Å². The van der Waals surface area contributed by atoms with E-state index in [9.17, 15) is 9.18 Å². The zero-order valence-electron chi connectivity index (χ0n) is 16.2. The molecule has 2 heterocycles. The van der Waals surface area contributed by atoms with E-state index in [1.54, 1.807) is 42.5 Å². The standard InChI is InChI=1S/C22H21ClFN3O3/c23-21-19(25-12-15-4-3-11-29-14-15)13-26-27(22(21)28)16-7-9-17(10-8-16)30-20-6-2-1-5-18(20)24/h1-2,5-10,13,15,25H,3-4,11-12,14H2/t15-/m0/s1. The van der Waals surface area contributed by atoms with Gasteiger partial charge in [0.15, 0.2) is 11.6 Å². The van der Waals surface area contributed by atoms with Gasteiger partial charge in [0.1, 0.15) is 10.8 Å². The minimum atomic E-state index is -0.450. The van der Waals surface area contributed by atoms with Crippen LogP contribution in [-0.4, -0.2) is 29.5 Å². The first-order chi connectivity index (χ1) is 14.6. The van der Waals surface area contributed by atoms with Crippen molar-refractivity contribution in [2.24, 2.45) is 5.92 Å². The van der Waals surface area contributed by atoms with Crippen LogP contribution in [0.1, 0.15) is 12.8 Å². The number of nitrogens with one attached hydrogen (secondary N) is 1. The maximum atomic E-state index is 13.7. The van der Waals surface area contributed by atoms with Gasteiger partial charge in [-0.2, -0.15) is 9.78 Å². The molecule has 1 atom stereocenters. The number of para-hydroxylation sites is 1. The highest BCUT2D eigenvalue weighted by atomic mass is 35.5. The lowest BCUT2D eigenvalue weighted by Crippen LogP contribution is -2.26. The van der Waals surface area contributed by atoms with Crippen LogP contribution < -0.4 is 15.6 Å². The maximum Gasteiger partial charge on any atom is 0.292 e. The molecule has 3 aromatic rings. The second-order valence-electron chi connectivity index (χ2n) is 7.08. The van der Waals surface area contributed by atoms with Gasteiger partial charge in [-0.05, 0) is 55.2 Å². The number of aromatic nitrogens is 2. The Balaban J connectivity index is 1.47. The molecular formula is C22H21ClFN3O3. The SMILES string of the molecule is O=c1c(Cl)c(NC[C@@H]2CCCOC2)cnn1-c1ccc(Oc2ccccc2F)cc1. The van der Waals surface area contributed by atoms with Crippen molar-refractivity contribution in [3.8, 4) is 17.2 Å². The number of hydrogen-bond donors (Lipinski definition) is 1. The topological polar surface area (TPSA) is 65.4 Å². The van der Waals surface area contributed by atoms with E-state index in [2.05, 4.69) is 10.4 Å². The van der Waals surface area contributed by atoms with Crippen LogP contribution in [-0.2, 0) is 4.74 Å². The molecule has 1 aromatic heterocycles. The molecule has 6 nitrogen and oxygen atoms in total. The van der Waals surface area contributed by atoms with Crippen molar-refractivity contribution in [1.82, 2.24) is 9.78 Å². The number of benzene rings is 2. The third-order valence-corrected chi connectivity index (χ3v) is 5.27. The second-order valence-corrected chi connectivity index (χ2v) is 7.46. The van der Waals surface area contributed by atoms with Crippen LogP contribution in [0.2, 0.25) is 5.02 Å². The van der Waals surface area contributed by atoms with Gasteiger partial charge in [-0.15, -0.1) is 0 Å². The highest BCUT2D eigenvalue weighted by Gasteiger charge is 2.16. The first-order valence-corrected chi connectivity index (χ1v) is 10.1. The number of halogens is 2. The lowest BCUT2D eigenvalue weighted by molar-refractivity contribution is 0.0595. The van der Waals surface area contributed by atoms with Gasteiger partial charge in [0, 0.05) is 13.2 Å². The van der Waals surface area contributed by atoms with Crippen LogP contribution in [0.25, 0.3) is 5.69 Å². The molecule has 1 saturated heterocycles. The van der Waals surface area contributed by atoms with Gasteiger partial charge >= 0.3 is 0 Å². The average Bonchev–Trinajstić information content (AvgIpc) is 2.78. The fourth-order valence-electron chi connectivity index (χ4n) is 3.27. The lowest BCUT2D eigenvalue weighted by atomic mass is 10.0. The van der Waals surface area contributed by atoms with Crippen LogP contribution in [0.15, 0.2) is 59.5 Å². The van der Waals surface area contributed by atoms with Crippen LogP contribution in [0.4, 0.5) is 10.1 Å². The summed E-state index contributed by atoms with van der Waals surface area (Å²) in [7, 11) is 0. The van der Waals surface area contributed by atoms with Gasteiger partial charge < -0.3 is 14.8 Å². The van der Waals surface area contributed by atoms with E-state index in [-0.39, 0.29) is 10.8 Å². The van der Waals surface area contributed by atoms with Crippen molar-refractivity contribution < 1.29 is 13.9 Å². The summed E-state index contributed by atoms with van der Waals surface area (Å²) in [6, 6.07) is 12.7. The molecule has 0 radical (unpaired) electrons. The van der Waals surface area contributed by atoms with Crippen LogP contribution in [0, 0.1) is 11.7 Å². The highest BCUT2D eigenvalue weighted by Crippen LogP contribution is 2.25. The monoisotopic (exact) mass is 429 g/mol. The lowest BCUT2D eigenvalue weighted by Gasteiger charge is -2.22. The molecule has 156 valence electrons. The number of ether oxygens (including phenoxy) is 2. The predicted octanol–water partition coefficient (Wildman–Crippen LogP) is 4.66. The summed E-state index contributed by atoms with van der Waals surface area (Å²) in [5, 5.41) is 7.50. The predicted molar refractivity (Wildman–Crippen MR) is 113 cm³/mol. The normalized spacial score (nSPS) is 16.3. The van der Waals surface area contributed by atoms with Gasteiger partial charge in [-0.1, -0.05) is 23.7 Å². The van der Waals surface area contributed by atoms with Crippen LogP contribution >= 0.6 is 11.6 Å². The Morgan fingerprint density at radius 2 is 2.03 bits per heavy atom. The summed E-state index contributed by atoms with van der Waals surface area (Å²) in [5.74, 6) is 0.506. The second kappa shape index (κ2) is 9.28. The summed E-state index contributed by atoms with van der Waals surface area (Å²) in [4.78, 5) is 12.7. The fraction of sp³-hybridized carbons (Fsp3) is 0.273. The van der Waals surface area contributed by atoms with E-state index >= 15 is 0 Å². The molecule has 0 spiro atoms. The molecule has 0 amide bonds. The molecule has 1 aliphatic heterocycles. The maximum absolute atomic E-state index is 13.7. The number of rotatable bonds is 6. The van der Waals surface area contributed by atoms with Crippen molar-refractivity contribution in [1.29, 1.82) is 0 Å². The quantitative estimate of drug-likeness (QED) is 0.617. The Hall–Kier alpha value is -2.90. The molecular weight excluding hydrogens is 409 g/mol. The molecule has 30 heavy (non-hydrogen) atoms. The zero-order chi connectivity index (χ0) is 20.9. The smallest absolute Gasteiger partial charge is 0.292 e. The number of nitrogens with zero attached hydrogens (tertiary/aromatic N) is 2. The summed E-state index contributed by atoms with van der Waals surface area (Å²) in [5.41, 5.74) is 0.599. The van der Waals surface area contributed by atoms with Crippen LogP contribution in [0.3, 0.4) is 0 Å². The molecule has 1 fully saturated rings. The average molecular weight is 430 g/mol. The van der Waals surface area contributed by atoms with E-state index in [1.807, 2.05) is 0 Å². The first kappa shape index (κ1) is 20.4. The molecule has 0 unspecified atom stereocenters. The Morgan fingerprint density at radius 3 is 2.77 bits per heavy atom. The number of hydrogen-bond acceptors (Lipinski definition) is 5. The van der Waals surface area contributed by atoms with Gasteiger partial charge in [0.25, 0.3) is 5.56 Å². The fourth-order valence-corrected chi connectivity index (χ4v) is 3.47. The van der Waals surface area contributed by atoms with Crippen molar-refractivity contribution in [2.45, 2.75) is 12.8 Å². The summed E-state index contributed by atoms with van der Waals surface area (Å²) in [6.07, 6.45) is 3.66. The van der Waals surface area contributed by atoms with E-state index in [0.717, 1.165) is 19.4 Å². The molecule has 4 rings (SSSR count). The van der Waals surface area contributed by atoms with Crippen molar-refractivity contribution >= 4 is 17.3 Å². The number of anilines is 1. The third kappa shape index (κ3) is 4.63. The van der Waals surface area contributed by atoms with E-state index in [4.69, 9.17) is 21.1 Å². The Morgan fingerprint density at radius 1 is 1.23 bits per heavy atom. The van der Waals surface area contributed by atoms with Gasteiger partial charge in [0.2, 0.25) is 0 Å². The Kier molecular flexibility index (Phi) is 6.30. The summed E-state index contributed by atoms with van der Waals surface area (Å²) < 4.78 is 25.9. The molecule has 0 bridgehead atoms. The first-order valence-electron chi connectivity index (χ1n) is 9.74. The van der Waals surface area contributed by atoms with E-state index in [0.29, 0.717) is 36.2 Å². The third-order valence-electron chi connectivity index (χ3n) is 4.90. The van der Waals surface area contributed by atoms with Gasteiger partial charge in [-0.25, -0.2) is 4.39 Å². The summed E-state index contributed by atoms with van der Waals surface area (Å²) >= 11 is 6.29. The van der Waals surface area contributed by atoms with E-state index < -0.39 is 11.4 Å². The molecule has 1 N–H and O–H groups in total. The highest BCUT2D eigenvalue weighted by molar-refractivity contribution is 6.32. The zero-order valence-corrected chi connectivity index (χ0v) is 16.9. The van der Waals surface area contributed by atoms with E-state index in [1.165, 1.54) is 16.9 Å². The minimum absolute atomic E-state index is 0.0772.